The van der Waals surface area contributed by atoms with E-state index in [9.17, 15) is 4.79 Å². The molecule has 32 heavy (non-hydrogen) atoms. The third-order valence-electron chi connectivity index (χ3n) is 7.16. The fourth-order valence-corrected chi connectivity index (χ4v) is 4.81. The second kappa shape index (κ2) is 8.17. The van der Waals surface area contributed by atoms with Crippen LogP contribution in [0.15, 0.2) is 48.8 Å². The average Bonchev–Trinajstić information content (AvgIpc) is 3.54. The highest BCUT2D eigenvalue weighted by molar-refractivity contribution is 6.00. The second-order valence-corrected chi connectivity index (χ2v) is 9.41. The molecule has 3 aromatic rings. The van der Waals surface area contributed by atoms with Crippen molar-refractivity contribution in [2.75, 3.05) is 18.4 Å². The van der Waals surface area contributed by atoms with E-state index in [1.165, 1.54) is 30.5 Å². The van der Waals surface area contributed by atoms with E-state index >= 15 is 0 Å². The predicted molar refractivity (Wildman–Crippen MR) is 128 cm³/mol. The van der Waals surface area contributed by atoms with E-state index in [4.69, 9.17) is 0 Å². The maximum atomic E-state index is 12.8. The SMILES string of the molecule is C=C(C)C1(C(=O)Nc2cc3cc(-c4cnn(C)c4CN4CCCCC4)ccc3cn2)CC1. The number of pyridine rings is 1. The standard InChI is InChI=1S/C26H31N5O/c1-18(2)26(9-10-26)25(32)29-24-14-21-13-19(7-8-20(21)15-27-24)22-16-28-30(3)23(22)17-31-11-5-4-6-12-31/h7-8,13-16H,1,4-6,9-12,17H2,2-3H3,(H,27,29,32). The first-order chi connectivity index (χ1) is 15.5. The second-order valence-electron chi connectivity index (χ2n) is 9.41. The summed E-state index contributed by atoms with van der Waals surface area (Å²) in [5.74, 6) is 0.594. The number of carbonyl (C=O) groups excluding carboxylic acids is 1. The summed E-state index contributed by atoms with van der Waals surface area (Å²) in [4.78, 5) is 19.8. The lowest BCUT2D eigenvalue weighted by Crippen LogP contribution is -2.30. The van der Waals surface area contributed by atoms with E-state index in [0.29, 0.717) is 5.82 Å². The molecule has 1 aliphatic heterocycles. The lowest BCUT2D eigenvalue weighted by Gasteiger charge is -2.26. The van der Waals surface area contributed by atoms with E-state index in [2.05, 4.69) is 45.1 Å². The number of nitrogens with zero attached hydrogens (tertiary/aromatic N) is 4. The van der Waals surface area contributed by atoms with E-state index in [1.54, 1.807) is 0 Å². The van der Waals surface area contributed by atoms with Gasteiger partial charge in [0.2, 0.25) is 5.91 Å². The number of amides is 1. The predicted octanol–water partition coefficient (Wildman–Crippen LogP) is 4.92. The highest BCUT2D eigenvalue weighted by atomic mass is 16.2. The van der Waals surface area contributed by atoms with Crippen molar-refractivity contribution in [3.05, 3.63) is 54.5 Å². The van der Waals surface area contributed by atoms with Gasteiger partial charge in [-0.2, -0.15) is 5.10 Å². The molecule has 2 aromatic heterocycles. The maximum Gasteiger partial charge on any atom is 0.235 e. The summed E-state index contributed by atoms with van der Waals surface area (Å²) in [5.41, 5.74) is 4.07. The number of fused-ring (bicyclic) bond motifs is 1. The Kier molecular flexibility index (Phi) is 5.33. The minimum atomic E-state index is -0.405. The minimum Gasteiger partial charge on any atom is -0.310 e. The van der Waals surface area contributed by atoms with Crippen molar-refractivity contribution in [3.8, 4) is 11.1 Å². The highest BCUT2D eigenvalue weighted by Crippen LogP contribution is 2.51. The number of anilines is 1. The molecule has 6 nitrogen and oxygen atoms in total. The zero-order valence-electron chi connectivity index (χ0n) is 19.0. The Hall–Kier alpha value is -2.99. The van der Waals surface area contributed by atoms with Crippen LogP contribution >= 0.6 is 0 Å². The first-order valence-corrected chi connectivity index (χ1v) is 11.6. The number of hydrogen-bond donors (Lipinski definition) is 1. The number of piperidine rings is 1. The maximum absolute atomic E-state index is 12.8. The Morgan fingerprint density at radius 1 is 1.12 bits per heavy atom. The topological polar surface area (TPSA) is 63.1 Å². The number of hydrogen-bond acceptors (Lipinski definition) is 4. The van der Waals surface area contributed by atoms with Gasteiger partial charge in [0.25, 0.3) is 0 Å². The molecule has 6 heteroatoms. The fourth-order valence-electron chi connectivity index (χ4n) is 4.81. The normalized spacial score (nSPS) is 17.9. The first kappa shape index (κ1) is 20.9. The van der Waals surface area contributed by atoms with Crippen molar-refractivity contribution in [2.45, 2.75) is 45.6 Å². The summed E-state index contributed by atoms with van der Waals surface area (Å²) in [6, 6.07) is 8.37. The Morgan fingerprint density at radius 2 is 1.91 bits per heavy atom. The zero-order valence-corrected chi connectivity index (χ0v) is 19.0. The number of aryl methyl sites for hydroxylation is 1. The van der Waals surface area contributed by atoms with Crippen LogP contribution in [0.4, 0.5) is 5.82 Å². The average molecular weight is 430 g/mol. The Labute approximate surface area is 189 Å². The molecule has 2 aliphatic rings. The largest absolute Gasteiger partial charge is 0.310 e. The van der Waals surface area contributed by atoms with Gasteiger partial charge in [-0.15, -0.1) is 0 Å². The molecule has 3 heterocycles. The quantitative estimate of drug-likeness (QED) is 0.565. The van der Waals surface area contributed by atoms with Crippen LogP contribution in [0, 0.1) is 5.41 Å². The molecule has 0 radical (unpaired) electrons. The molecule has 0 unspecified atom stereocenters. The summed E-state index contributed by atoms with van der Waals surface area (Å²) in [7, 11) is 2.02. The van der Waals surface area contributed by atoms with Crippen molar-refractivity contribution in [1.29, 1.82) is 0 Å². The Bertz CT molecular complexity index is 1180. The van der Waals surface area contributed by atoms with Gasteiger partial charge in [0.1, 0.15) is 5.82 Å². The molecule has 2 fully saturated rings. The van der Waals surface area contributed by atoms with E-state index in [0.717, 1.165) is 54.4 Å². The van der Waals surface area contributed by atoms with Crippen molar-refractivity contribution in [2.24, 2.45) is 12.5 Å². The molecule has 0 bridgehead atoms. The third kappa shape index (κ3) is 3.84. The molecule has 0 atom stereocenters. The lowest BCUT2D eigenvalue weighted by molar-refractivity contribution is -0.119. The van der Waals surface area contributed by atoms with Gasteiger partial charge in [0.05, 0.1) is 17.3 Å². The first-order valence-electron chi connectivity index (χ1n) is 11.6. The number of likely N-dealkylation sites (tertiary alicyclic amines) is 1. The minimum absolute atomic E-state index is 0.00378. The molecule has 166 valence electrons. The van der Waals surface area contributed by atoms with Crippen LogP contribution in [-0.4, -0.2) is 38.7 Å². The van der Waals surface area contributed by atoms with E-state index in [-0.39, 0.29) is 5.91 Å². The molecule has 0 spiro atoms. The molecular formula is C26H31N5O. The number of rotatable bonds is 6. The molecule has 1 N–H and O–H groups in total. The van der Waals surface area contributed by atoms with Crippen molar-refractivity contribution >= 4 is 22.5 Å². The monoisotopic (exact) mass is 429 g/mol. The van der Waals surface area contributed by atoms with Crippen LogP contribution in [0.3, 0.4) is 0 Å². The van der Waals surface area contributed by atoms with Gasteiger partial charge in [0.15, 0.2) is 0 Å². The summed E-state index contributed by atoms with van der Waals surface area (Å²) in [6.45, 7) is 9.17. The number of carbonyl (C=O) groups is 1. The van der Waals surface area contributed by atoms with Crippen molar-refractivity contribution in [3.63, 3.8) is 0 Å². The Balaban J connectivity index is 1.42. The van der Waals surface area contributed by atoms with E-state index < -0.39 is 5.41 Å². The molecule has 1 amide bonds. The number of nitrogens with one attached hydrogen (secondary N) is 1. The summed E-state index contributed by atoms with van der Waals surface area (Å²) >= 11 is 0. The summed E-state index contributed by atoms with van der Waals surface area (Å²) in [6.07, 6.45) is 9.41. The van der Waals surface area contributed by atoms with E-state index in [1.807, 2.05) is 37.1 Å². The number of aromatic nitrogens is 3. The lowest BCUT2D eigenvalue weighted by atomic mass is 9.98. The number of benzene rings is 1. The summed E-state index contributed by atoms with van der Waals surface area (Å²) < 4.78 is 2.00. The fraction of sp³-hybridized carbons (Fsp3) is 0.423. The molecule has 1 aromatic carbocycles. The molecule has 1 saturated heterocycles. The van der Waals surface area contributed by atoms with Gasteiger partial charge < -0.3 is 5.32 Å². The van der Waals surface area contributed by atoms with Gasteiger partial charge in [-0.1, -0.05) is 30.7 Å². The van der Waals surface area contributed by atoms with Gasteiger partial charge in [-0.3, -0.25) is 14.4 Å². The smallest absolute Gasteiger partial charge is 0.235 e. The van der Waals surface area contributed by atoms with Crippen LogP contribution in [0.25, 0.3) is 21.9 Å². The van der Waals surface area contributed by atoms with Gasteiger partial charge in [-0.05, 0) is 68.8 Å². The Morgan fingerprint density at radius 3 is 2.62 bits per heavy atom. The van der Waals surface area contributed by atoms with Gasteiger partial charge in [-0.25, -0.2) is 4.98 Å². The van der Waals surface area contributed by atoms with Gasteiger partial charge in [0, 0.05) is 30.7 Å². The van der Waals surface area contributed by atoms with Crippen molar-refractivity contribution < 1.29 is 4.79 Å². The van der Waals surface area contributed by atoms with Crippen LogP contribution in [0.5, 0.6) is 0 Å². The van der Waals surface area contributed by atoms with Crippen LogP contribution in [0.2, 0.25) is 0 Å². The highest BCUT2D eigenvalue weighted by Gasteiger charge is 2.50. The third-order valence-corrected chi connectivity index (χ3v) is 7.16. The van der Waals surface area contributed by atoms with Crippen LogP contribution in [0.1, 0.15) is 44.7 Å². The molecule has 5 rings (SSSR count). The molecule has 1 aliphatic carbocycles. The zero-order chi connectivity index (χ0) is 22.3. The van der Waals surface area contributed by atoms with Crippen LogP contribution < -0.4 is 5.32 Å². The molecule has 1 saturated carbocycles. The van der Waals surface area contributed by atoms with Crippen molar-refractivity contribution in [1.82, 2.24) is 19.7 Å². The summed E-state index contributed by atoms with van der Waals surface area (Å²) in [5, 5.41) is 9.68. The van der Waals surface area contributed by atoms with Gasteiger partial charge >= 0.3 is 0 Å². The van der Waals surface area contributed by atoms with Crippen LogP contribution in [-0.2, 0) is 18.4 Å². The molecular weight excluding hydrogens is 398 g/mol.